The zero-order valence-electron chi connectivity index (χ0n) is 12.2. The molecule has 1 N–H and O–H groups in total. The van der Waals surface area contributed by atoms with Crippen molar-refractivity contribution in [2.45, 2.75) is 32.7 Å². The van der Waals surface area contributed by atoms with Crippen LogP contribution in [0.25, 0.3) is 11.0 Å². The van der Waals surface area contributed by atoms with E-state index in [2.05, 4.69) is 12.2 Å². The molecular formula is C16H19NO4. The number of fused-ring (bicyclic) bond motifs is 1. The quantitative estimate of drug-likeness (QED) is 0.829. The molecule has 1 aromatic carbocycles. The molecule has 0 aliphatic heterocycles. The summed E-state index contributed by atoms with van der Waals surface area (Å²) < 4.78 is 10.5. The van der Waals surface area contributed by atoms with Crippen molar-refractivity contribution in [3.05, 3.63) is 40.8 Å². The maximum absolute atomic E-state index is 11.7. The second kappa shape index (κ2) is 6.92. The zero-order valence-corrected chi connectivity index (χ0v) is 12.2. The van der Waals surface area contributed by atoms with Crippen molar-refractivity contribution in [1.29, 1.82) is 0 Å². The Bertz CT molecular complexity index is 677. The Morgan fingerprint density at radius 2 is 2.10 bits per heavy atom. The molecule has 2 rings (SSSR count). The number of amides is 1. The number of ether oxygens (including phenoxy) is 1. The summed E-state index contributed by atoms with van der Waals surface area (Å²) in [6.07, 6.45) is 1.96. The maximum Gasteiger partial charge on any atom is 0.336 e. The molecule has 1 unspecified atom stereocenters. The number of benzene rings is 1. The molecule has 0 saturated heterocycles. The number of rotatable bonds is 6. The van der Waals surface area contributed by atoms with Gasteiger partial charge in [-0.15, -0.1) is 0 Å². The second-order valence-electron chi connectivity index (χ2n) is 5.00. The lowest BCUT2D eigenvalue weighted by atomic mass is 10.2. The standard InChI is InChI=1S/C16H19NO4/c1-3-4-11(2)17-15(18)10-20-13-7-5-12-6-8-16(19)21-14(12)9-13/h5-9,11H,3-4,10H2,1-2H3,(H,17,18). The van der Waals surface area contributed by atoms with Gasteiger partial charge in [-0.05, 0) is 31.5 Å². The first-order chi connectivity index (χ1) is 10.1. The minimum absolute atomic E-state index is 0.0589. The first-order valence-electron chi connectivity index (χ1n) is 7.04. The van der Waals surface area contributed by atoms with Crippen LogP contribution in [0.15, 0.2) is 39.5 Å². The molecule has 0 aliphatic rings. The Morgan fingerprint density at radius 1 is 1.33 bits per heavy atom. The summed E-state index contributed by atoms with van der Waals surface area (Å²) in [5.41, 5.74) is 0.0329. The highest BCUT2D eigenvalue weighted by molar-refractivity contribution is 5.79. The summed E-state index contributed by atoms with van der Waals surface area (Å²) >= 11 is 0. The molecule has 1 heterocycles. The van der Waals surface area contributed by atoms with Gasteiger partial charge in [0.1, 0.15) is 11.3 Å². The fraction of sp³-hybridized carbons (Fsp3) is 0.375. The molecule has 0 fully saturated rings. The number of hydrogen-bond donors (Lipinski definition) is 1. The molecule has 0 aliphatic carbocycles. The lowest BCUT2D eigenvalue weighted by molar-refractivity contribution is -0.123. The predicted octanol–water partition coefficient (Wildman–Crippen LogP) is 2.48. The molecule has 2 aromatic rings. The van der Waals surface area contributed by atoms with Gasteiger partial charge in [0.2, 0.25) is 0 Å². The molecule has 1 aromatic heterocycles. The first-order valence-corrected chi connectivity index (χ1v) is 7.04. The normalized spacial score (nSPS) is 12.1. The summed E-state index contributed by atoms with van der Waals surface area (Å²) in [5, 5.41) is 3.67. The fourth-order valence-corrected chi connectivity index (χ4v) is 2.10. The van der Waals surface area contributed by atoms with Gasteiger partial charge in [0.15, 0.2) is 6.61 Å². The van der Waals surface area contributed by atoms with Gasteiger partial charge in [0, 0.05) is 23.6 Å². The van der Waals surface area contributed by atoms with E-state index in [1.165, 1.54) is 6.07 Å². The van der Waals surface area contributed by atoms with E-state index in [-0.39, 0.29) is 18.6 Å². The number of nitrogens with one attached hydrogen (secondary N) is 1. The van der Waals surface area contributed by atoms with Crippen LogP contribution in [0.3, 0.4) is 0 Å². The smallest absolute Gasteiger partial charge is 0.336 e. The third-order valence-corrected chi connectivity index (χ3v) is 3.09. The number of hydrogen-bond acceptors (Lipinski definition) is 4. The minimum Gasteiger partial charge on any atom is -0.484 e. The SMILES string of the molecule is CCCC(C)NC(=O)COc1ccc2ccc(=O)oc2c1. The second-order valence-corrected chi connectivity index (χ2v) is 5.00. The number of carbonyl (C=O) groups excluding carboxylic acids is 1. The van der Waals surface area contributed by atoms with Crippen LogP contribution in [-0.2, 0) is 4.79 Å². The van der Waals surface area contributed by atoms with E-state index in [0.717, 1.165) is 18.2 Å². The highest BCUT2D eigenvalue weighted by Crippen LogP contribution is 2.19. The maximum atomic E-state index is 11.7. The van der Waals surface area contributed by atoms with Crippen molar-refractivity contribution in [3.8, 4) is 5.75 Å². The third-order valence-electron chi connectivity index (χ3n) is 3.09. The van der Waals surface area contributed by atoms with Gasteiger partial charge in [0.05, 0.1) is 0 Å². The molecule has 0 spiro atoms. The van der Waals surface area contributed by atoms with E-state index < -0.39 is 5.63 Å². The first kappa shape index (κ1) is 15.1. The molecule has 0 saturated carbocycles. The summed E-state index contributed by atoms with van der Waals surface area (Å²) in [7, 11) is 0. The Balaban J connectivity index is 1.97. The van der Waals surface area contributed by atoms with Gasteiger partial charge in [-0.25, -0.2) is 4.79 Å². The Labute approximate surface area is 122 Å². The van der Waals surface area contributed by atoms with Gasteiger partial charge in [-0.1, -0.05) is 13.3 Å². The van der Waals surface area contributed by atoms with E-state index in [4.69, 9.17) is 9.15 Å². The van der Waals surface area contributed by atoms with E-state index >= 15 is 0 Å². The predicted molar refractivity (Wildman–Crippen MR) is 80.5 cm³/mol. The number of carbonyl (C=O) groups is 1. The van der Waals surface area contributed by atoms with Crippen molar-refractivity contribution >= 4 is 16.9 Å². The topological polar surface area (TPSA) is 68.5 Å². The molecule has 112 valence electrons. The Morgan fingerprint density at radius 3 is 2.86 bits per heavy atom. The molecule has 21 heavy (non-hydrogen) atoms. The summed E-state index contributed by atoms with van der Waals surface area (Å²) in [4.78, 5) is 22.9. The van der Waals surface area contributed by atoms with Crippen LogP contribution in [0, 0.1) is 0 Å². The zero-order chi connectivity index (χ0) is 15.2. The average molecular weight is 289 g/mol. The van der Waals surface area contributed by atoms with Gasteiger partial charge in [0.25, 0.3) is 5.91 Å². The van der Waals surface area contributed by atoms with Crippen LogP contribution in [0.4, 0.5) is 0 Å². The van der Waals surface area contributed by atoms with Crippen LogP contribution in [0.2, 0.25) is 0 Å². The van der Waals surface area contributed by atoms with Crippen LogP contribution < -0.4 is 15.7 Å². The van der Waals surface area contributed by atoms with Gasteiger partial charge < -0.3 is 14.5 Å². The van der Waals surface area contributed by atoms with Crippen LogP contribution in [0.5, 0.6) is 5.75 Å². The minimum atomic E-state index is -0.411. The van der Waals surface area contributed by atoms with E-state index in [0.29, 0.717) is 11.3 Å². The van der Waals surface area contributed by atoms with Crippen molar-refractivity contribution in [2.75, 3.05) is 6.61 Å². The van der Waals surface area contributed by atoms with Crippen molar-refractivity contribution < 1.29 is 13.9 Å². The lowest BCUT2D eigenvalue weighted by Crippen LogP contribution is -2.35. The van der Waals surface area contributed by atoms with E-state index in [9.17, 15) is 9.59 Å². The van der Waals surface area contributed by atoms with Crippen molar-refractivity contribution in [3.63, 3.8) is 0 Å². The average Bonchev–Trinajstić information content (AvgIpc) is 2.44. The molecule has 0 bridgehead atoms. The summed E-state index contributed by atoms with van der Waals surface area (Å²) in [6, 6.07) is 8.33. The molecule has 1 atom stereocenters. The molecule has 0 radical (unpaired) electrons. The third kappa shape index (κ3) is 4.34. The lowest BCUT2D eigenvalue weighted by Gasteiger charge is -2.13. The van der Waals surface area contributed by atoms with Crippen LogP contribution in [-0.4, -0.2) is 18.6 Å². The molecular weight excluding hydrogens is 270 g/mol. The Hall–Kier alpha value is -2.30. The molecule has 5 heteroatoms. The van der Waals surface area contributed by atoms with E-state index in [1.807, 2.05) is 6.92 Å². The molecule has 5 nitrogen and oxygen atoms in total. The largest absolute Gasteiger partial charge is 0.484 e. The highest BCUT2D eigenvalue weighted by atomic mass is 16.5. The van der Waals surface area contributed by atoms with E-state index in [1.54, 1.807) is 24.3 Å². The van der Waals surface area contributed by atoms with Crippen molar-refractivity contribution in [2.24, 2.45) is 0 Å². The van der Waals surface area contributed by atoms with Crippen LogP contribution >= 0.6 is 0 Å². The monoisotopic (exact) mass is 289 g/mol. The van der Waals surface area contributed by atoms with Crippen LogP contribution in [0.1, 0.15) is 26.7 Å². The van der Waals surface area contributed by atoms with Gasteiger partial charge >= 0.3 is 5.63 Å². The van der Waals surface area contributed by atoms with Crippen molar-refractivity contribution in [1.82, 2.24) is 5.32 Å². The van der Waals surface area contributed by atoms with Gasteiger partial charge in [-0.3, -0.25) is 4.79 Å². The fourth-order valence-electron chi connectivity index (χ4n) is 2.10. The Kier molecular flexibility index (Phi) is 4.98. The molecule has 1 amide bonds. The summed E-state index contributed by atoms with van der Waals surface area (Å²) in [5.74, 6) is 0.334. The summed E-state index contributed by atoms with van der Waals surface area (Å²) in [6.45, 7) is 3.98. The highest BCUT2D eigenvalue weighted by Gasteiger charge is 2.08. The van der Waals surface area contributed by atoms with Gasteiger partial charge in [-0.2, -0.15) is 0 Å².